The van der Waals surface area contributed by atoms with Gasteiger partial charge < -0.3 is 56.3 Å². The lowest BCUT2D eigenvalue weighted by atomic mass is 9.72. The number of rotatable bonds is 5. The Kier molecular flexibility index (Phi) is 10.3. The third-order valence-corrected chi connectivity index (χ3v) is 7.81. The summed E-state index contributed by atoms with van der Waals surface area (Å²) in [7, 11) is 1.32. The van der Waals surface area contributed by atoms with E-state index in [0.29, 0.717) is 0 Å². The molecule has 5 rings (SSSR count). The number of carbonyl (C=O) groups excluding carboxylic acids is 3. The SMILES string of the molecule is COc1cccc2c1C(=O)c1c(O)c3c(c(O)c1C2=O)C[C@@](O)(C(=O)CO)C[C@@H]3O[C@H]1C[C@H](N)[C@H](O)[C@H](C)O1.Cl.NC(=O)O. The summed E-state index contributed by atoms with van der Waals surface area (Å²) < 4.78 is 17.0. The zero-order valence-corrected chi connectivity index (χ0v) is 24.4. The molecule has 2 aromatic rings. The quantitative estimate of drug-likeness (QED) is 0.171. The Balaban J connectivity index is 0.000000998. The van der Waals surface area contributed by atoms with Gasteiger partial charge in [0.25, 0.3) is 0 Å². The van der Waals surface area contributed by atoms with Gasteiger partial charge in [0.2, 0.25) is 5.78 Å². The van der Waals surface area contributed by atoms with E-state index in [2.05, 4.69) is 5.73 Å². The van der Waals surface area contributed by atoms with Gasteiger partial charge in [-0.05, 0) is 13.0 Å². The van der Waals surface area contributed by atoms with Crippen molar-refractivity contribution in [2.24, 2.45) is 11.5 Å². The molecule has 1 fully saturated rings. The maximum atomic E-state index is 13.6. The molecule has 0 bridgehead atoms. The van der Waals surface area contributed by atoms with Gasteiger partial charge in [0.05, 0.1) is 42.1 Å². The van der Waals surface area contributed by atoms with Crippen molar-refractivity contribution in [3.63, 3.8) is 0 Å². The standard InChI is InChI=1S/C27H29NO11.CH3NO2.ClH/c1-10-22(31)13(28)6-17(38-10)39-15-8-27(36,16(30)9-29)7-12-19(15)26(35)21-20(24(12)33)23(32)11-4-3-5-14(37-2)18(11)25(21)34;2-1(3)4;/h3-5,10,13,15,17,22,29,31,33,35-36H,6-9,28H2,1-2H3;2H2,(H,3,4);1H/t10-,13-,15-,17-,22+,27-;;/m0../s1. The molecule has 2 aliphatic carbocycles. The minimum Gasteiger partial charge on any atom is -0.507 e. The summed E-state index contributed by atoms with van der Waals surface area (Å²) in [5.74, 6) is -3.77. The number of hydrogen-bond donors (Lipinski definition) is 8. The molecule has 16 heteroatoms. The summed E-state index contributed by atoms with van der Waals surface area (Å²) in [6.07, 6.45) is -6.46. The van der Waals surface area contributed by atoms with Crippen molar-refractivity contribution in [3.8, 4) is 17.2 Å². The molecule has 1 amide bonds. The van der Waals surface area contributed by atoms with Gasteiger partial charge in [-0.3, -0.25) is 14.4 Å². The molecule has 6 atom stereocenters. The van der Waals surface area contributed by atoms with Crippen LogP contribution in [0.25, 0.3) is 0 Å². The van der Waals surface area contributed by atoms with E-state index in [1.165, 1.54) is 25.3 Å². The number of amides is 1. The van der Waals surface area contributed by atoms with Crippen molar-refractivity contribution < 1.29 is 64.0 Å². The van der Waals surface area contributed by atoms with Crippen LogP contribution < -0.4 is 16.2 Å². The lowest BCUT2D eigenvalue weighted by molar-refractivity contribution is -0.247. The van der Waals surface area contributed by atoms with Crippen molar-refractivity contribution in [2.45, 2.75) is 62.4 Å². The second-order valence-electron chi connectivity index (χ2n) is 10.5. The molecule has 15 nitrogen and oxygen atoms in total. The number of methoxy groups -OCH3 is 1. The number of ketones is 3. The van der Waals surface area contributed by atoms with Crippen LogP contribution in [-0.4, -0.2) is 97.9 Å². The van der Waals surface area contributed by atoms with E-state index in [4.69, 9.17) is 29.8 Å². The first-order chi connectivity index (χ1) is 20.2. The highest BCUT2D eigenvalue weighted by atomic mass is 35.5. The third kappa shape index (κ3) is 5.95. The predicted octanol–water partition coefficient (Wildman–Crippen LogP) is 0.0462. The van der Waals surface area contributed by atoms with Gasteiger partial charge in [0.15, 0.2) is 17.9 Å². The largest absolute Gasteiger partial charge is 0.507 e. The number of carboxylic acid groups (broad SMARTS) is 1. The Morgan fingerprint density at radius 3 is 2.30 bits per heavy atom. The number of phenolic OH excluding ortho intramolecular Hbond substituents is 2. The summed E-state index contributed by atoms with van der Waals surface area (Å²) in [5, 5.41) is 60.9. The molecule has 1 heterocycles. The van der Waals surface area contributed by atoms with E-state index in [-0.39, 0.29) is 46.8 Å². The van der Waals surface area contributed by atoms with E-state index in [1.807, 2.05) is 0 Å². The normalized spacial score (nSPS) is 27.0. The van der Waals surface area contributed by atoms with Gasteiger partial charge in [-0.25, -0.2) is 4.79 Å². The number of phenols is 2. The van der Waals surface area contributed by atoms with Crippen LogP contribution in [0.3, 0.4) is 0 Å². The molecule has 0 unspecified atom stereocenters. The summed E-state index contributed by atoms with van der Waals surface area (Å²) in [6.45, 7) is 0.560. The van der Waals surface area contributed by atoms with Crippen molar-refractivity contribution >= 4 is 35.9 Å². The molecule has 1 saturated heterocycles. The topological polar surface area (TPSA) is 269 Å². The molecule has 44 heavy (non-hydrogen) atoms. The maximum Gasteiger partial charge on any atom is 0.402 e. The first-order valence-corrected chi connectivity index (χ1v) is 13.1. The average Bonchev–Trinajstić information content (AvgIpc) is 2.94. The molecule has 0 saturated carbocycles. The molecule has 0 radical (unpaired) electrons. The van der Waals surface area contributed by atoms with Gasteiger partial charge in [-0.2, -0.15) is 0 Å². The molecule has 0 spiro atoms. The molecular formula is C28H33ClN2O13. The monoisotopic (exact) mass is 640 g/mol. The van der Waals surface area contributed by atoms with Gasteiger partial charge in [-0.1, -0.05) is 12.1 Å². The highest BCUT2D eigenvalue weighted by molar-refractivity contribution is 6.31. The molecule has 3 aliphatic rings. The van der Waals surface area contributed by atoms with Crippen LogP contribution in [0, 0.1) is 0 Å². The first-order valence-electron chi connectivity index (χ1n) is 13.1. The number of hydrogen-bond acceptors (Lipinski definition) is 13. The zero-order valence-electron chi connectivity index (χ0n) is 23.6. The predicted molar refractivity (Wildman–Crippen MR) is 151 cm³/mol. The van der Waals surface area contributed by atoms with E-state index in [1.54, 1.807) is 6.92 Å². The number of ether oxygens (including phenoxy) is 3. The maximum absolute atomic E-state index is 13.6. The number of carbonyl (C=O) groups is 4. The van der Waals surface area contributed by atoms with Crippen LogP contribution in [0.5, 0.6) is 17.2 Å². The second kappa shape index (κ2) is 13.0. The molecule has 0 aromatic heterocycles. The summed E-state index contributed by atoms with van der Waals surface area (Å²) in [6, 6.07) is 3.64. The minimum atomic E-state index is -2.24. The number of nitrogens with two attached hydrogens (primary N) is 2. The Hall–Kier alpha value is -3.83. The second-order valence-corrected chi connectivity index (χ2v) is 10.5. The number of benzene rings is 2. The molecule has 240 valence electrons. The first kappa shape index (κ1) is 34.7. The molecule has 1 aliphatic heterocycles. The fourth-order valence-electron chi connectivity index (χ4n) is 5.75. The number of Topliss-reactive ketones (excluding diaryl/α,β-unsaturated/α-hetero) is 1. The van der Waals surface area contributed by atoms with Crippen molar-refractivity contribution in [3.05, 3.63) is 51.6 Å². The Bertz CT molecular complexity index is 1480. The minimum absolute atomic E-state index is 0. The van der Waals surface area contributed by atoms with Crippen molar-refractivity contribution in [1.82, 2.24) is 0 Å². The van der Waals surface area contributed by atoms with Gasteiger partial charge in [0.1, 0.15) is 29.5 Å². The fraction of sp³-hybridized carbons (Fsp3) is 0.429. The molecular weight excluding hydrogens is 608 g/mol. The van der Waals surface area contributed by atoms with E-state index in [0.717, 1.165) is 0 Å². The number of aromatic hydroxyl groups is 2. The average molecular weight is 641 g/mol. The van der Waals surface area contributed by atoms with Gasteiger partial charge in [-0.15, -0.1) is 12.4 Å². The smallest absolute Gasteiger partial charge is 0.402 e. The number of halogens is 1. The van der Waals surface area contributed by atoms with Crippen LogP contribution in [0.4, 0.5) is 4.79 Å². The summed E-state index contributed by atoms with van der Waals surface area (Å²) >= 11 is 0. The third-order valence-electron chi connectivity index (χ3n) is 7.81. The van der Waals surface area contributed by atoms with Crippen LogP contribution in [0.15, 0.2) is 18.2 Å². The number of primary amides is 1. The van der Waals surface area contributed by atoms with E-state index >= 15 is 0 Å². The Morgan fingerprint density at radius 1 is 1.11 bits per heavy atom. The van der Waals surface area contributed by atoms with Crippen LogP contribution in [0.2, 0.25) is 0 Å². The highest BCUT2D eigenvalue weighted by Crippen LogP contribution is 2.52. The van der Waals surface area contributed by atoms with Gasteiger partial charge >= 0.3 is 6.09 Å². The summed E-state index contributed by atoms with van der Waals surface area (Å²) in [5.41, 5.74) is 6.40. The van der Waals surface area contributed by atoms with E-state index in [9.17, 15) is 39.9 Å². The number of aliphatic hydroxyl groups excluding tert-OH is 2. The van der Waals surface area contributed by atoms with Crippen molar-refractivity contribution in [2.75, 3.05) is 13.7 Å². The van der Waals surface area contributed by atoms with Crippen LogP contribution in [-0.2, 0) is 20.7 Å². The highest BCUT2D eigenvalue weighted by Gasteiger charge is 2.50. The van der Waals surface area contributed by atoms with E-state index < -0.39 is 102 Å². The van der Waals surface area contributed by atoms with Crippen LogP contribution >= 0.6 is 12.4 Å². The Morgan fingerprint density at radius 2 is 1.73 bits per heavy atom. The molecule has 2 aromatic carbocycles. The lowest BCUT2D eigenvalue weighted by Crippen LogP contribution is -2.53. The number of fused-ring (bicyclic) bond motifs is 3. The molecule has 10 N–H and O–H groups in total. The van der Waals surface area contributed by atoms with Gasteiger partial charge in [0, 0.05) is 42.0 Å². The lowest BCUT2D eigenvalue weighted by Gasteiger charge is -2.42. The van der Waals surface area contributed by atoms with Crippen molar-refractivity contribution in [1.29, 1.82) is 0 Å². The Labute approximate surface area is 256 Å². The number of aliphatic hydroxyl groups is 3. The zero-order chi connectivity index (χ0) is 32.0. The summed E-state index contributed by atoms with van der Waals surface area (Å²) in [4.78, 5) is 48.5. The fourth-order valence-corrected chi connectivity index (χ4v) is 5.75. The van der Waals surface area contributed by atoms with Crippen LogP contribution in [0.1, 0.15) is 68.8 Å².